The number of carbonyl (C=O) groups is 2. The first-order valence-corrected chi connectivity index (χ1v) is 10.0. The molecule has 0 bridgehead atoms. The molecule has 0 unspecified atom stereocenters. The molecule has 0 aliphatic carbocycles. The van der Waals surface area contributed by atoms with Crippen LogP contribution in [0.15, 0.2) is 71.8 Å². The van der Waals surface area contributed by atoms with Crippen molar-refractivity contribution < 1.29 is 14.3 Å². The highest BCUT2D eigenvalue weighted by Gasteiger charge is 2.13. The Balaban J connectivity index is 1.52. The molecule has 0 aliphatic heterocycles. The van der Waals surface area contributed by atoms with Crippen LogP contribution >= 0.6 is 23.2 Å². The van der Waals surface area contributed by atoms with Crippen molar-refractivity contribution in [2.45, 2.75) is 13.5 Å². The molecular formula is C23H19Cl2N3O3. The number of benzene rings is 3. The highest BCUT2D eigenvalue weighted by Crippen LogP contribution is 2.24. The summed E-state index contributed by atoms with van der Waals surface area (Å²) >= 11 is 11.7. The van der Waals surface area contributed by atoms with Crippen LogP contribution < -0.4 is 15.5 Å². The fourth-order valence-electron chi connectivity index (χ4n) is 2.51. The van der Waals surface area contributed by atoms with E-state index in [1.54, 1.807) is 12.1 Å². The second kappa shape index (κ2) is 10.6. The van der Waals surface area contributed by atoms with E-state index < -0.39 is 11.8 Å². The van der Waals surface area contributed by atoms with Gasteiger partial charge in [-0.05, 0) is 48.4 Å². The van der Waals surface area contributed by atoms with Crippen molar-refractivity contribution in [1.29, 1.82) is 0 Å². The van der Waals surface area contributed by atoms with E-state index in [9.17, 15) is 9.59 Å². The third kappa shape index (κ3) is 6.84. The van der Waals surface area contributed by atoms with E-state index in [-0.39, 0.29) is 5.02 Å². The minimum Gasteiger partial charge on any atom is -0.489 e. The van der Waals surface area contributed by atoms with Gasteiger partial charge in [0.2, 0.25) is 0 Å². The summed E-state index contributed by atoms with van der Waals surface area (Å²) in [7, 11) is 0. The predicted molar refractivity (Wildman–Crippen MR) is 123 cm³/mol. The maximum atomic E-state index is 12.0. The van der Waals surface area contributed by atoms with Crippen molar-refractivity contribution in [2.75, 3.05) is 5.32 Å². The quantitative estimate of drug-likeness (QED) is 0.312. The van der Waals surface area contributed by atoms with Gasteiger partial charge in [0.1, 0.15) is 12.4 Å². The summed E-state index contributed by atoms with van der Waals surface area (Å²) in [6.07, 6.45) is 1.42. The highest BCUT2D eigenvalue weighted by molar-refractivity contribution is 6.42. The van der Waals surface area contributed by atoms with Crippen molar-refractivity contribution in [3.8, 4) is 5.75 Å². The molecule has 31 heavy (non-hydrogen) atoms. The molecule has 6 nitrogen and oxygen atoms in total. The number of ether oxygens (including phenoxy) is 1. The first-order chi connectivity index (χ1) is 14.9. The van der Waals surface area contributed by atoms with E-state index in [1.807, 2.05) is 43.3 Å². The maximum absolute atomic E-state index is 12.0. The lowest BCUT2D eigenvalue weighted by Gasteiger charge is -2.07. The van der Waals surface area contributed by atoms with Crippen LogP contribution in [0.2, 0.25) is 10.0 Å². The van der Waals surface area contributed by atoms with E-state index in [4.69, 9.17) is 27.9 Å². The van der Waals surface area contributed by atoms with E-state index in [1.165, 1.54) is 30.0 Å². The second-order valence-corrected chi connectivity index (χ2v) is 7.44. The summed E-state index contributed by atoms with van der Waals surface area (Å²) in [5, 5.41) is 6.84. The lowest BCUT2D eigenvalue weighted by Crippen LogP contribution is -2.32. The number of halogens is 2. The zero-order chi connectivity index (χ0) is 22.2. The zero-order valence-corrected chi connectivity index (χ0v) is 18.1. The van der Waals surface area contributed by atoms with Crippen molar-refractivity contribution in [3.63, 3.8) is 0 Å². The molecular weight excluding hydrogens is 437 g/mol. The maximum Gasteiger partial charge on any atom is 0.329 e. The van der Waals surface area contributed by atoms with E-state index in [0.717, 1.165) is 5.56 Å². The monoisotopic (exact) mass is 455 g/mol. The summed E-state index contributed by atoms with van der Waals surface area (Å²) in [6, 6.07) is 19.8. The third-order valence-corrected chi connectivity index (χ3v) is 4.89. The minimum atomic E-state index is -0.922. The Morgan fingerprint density at radius 2 is 1.74 bits per heavy atom. The molecule has 3 aromatic rings. The number of nitrogens with one attached hydrogen (secondary N) is 2. The molecule has 0 heterocycles. The molecule has 0 spiro atoms. The van der Waals surface area contributed by atoms with Gasteiger partial charge < -0.3 is 10.1 Å². The number of anilines is 1. The Kier molecular flexibility index (Phi) is 7.65. The van der Waals surface area contributed by atoms with Crippen LogP contribution in [0.25, 0.3) is 0 Å². The molecule has 158 valence electrons. The molecule has 0 atom stereocenters. The summed E-state index contributed by atoms with van der Waals surface area (Å²) < 4.78 is 5.79. The first-order valence-electron chi connectivity index (χ1n) is 9.28. The van der Waals surface area contributed by atoms with Gasteiger partial charge in [-0.25, -0.2) is 5.43 Å². The molecule has 3 rings (SSSR count). The number of hydrazone groups is 1. The van der Waals surface area contributed by atoms with Gasteiger partial charge in [0.15, 0.2) is 0 Å². The molecule has 8 heteroatoms. The van der Waals surface area contributed by atoms with Crippen LogP contribution in [0.4, 0.5) is 5.69 Å². The molecule has 0 radical (unpaired) electrons. The van der Waals surface area contributed by atoms with Crippen LogP contribution in [0, 0.1) is 6.92 Å². The van der Waals surface area contributed by atoms with Gasteiger partial charge in [0, 0.05) is 5.69 Å². The fourth-order valence-corrected chi connectivity index (χ4v) is 2.81. The minimum absolute atomic E-state index is 0.266. The van der Waals surface area contributed by atoms with Crippen LogP contribution in [0.5, 0.6) is 5.75 Å². The van der Waals surface area contributed by atoms with Crippen molar-refractivity contribution >= 4 is 46.9 Å². The van der Waals surface area contributed by atoms with Crippen LogP contribution in [-0.4, -0.2) is 18.0 Å². The number of aryl methyl sites for hydroxylation is 1. The number of hydrogen-bond acceptors (Lipinski definition) is 4. The van der Waals surface area contributed by atoms with E-state index in [0.29, 0.717) is 28.6 Å². The Hall–Kier alpha value is -3.35. The largest absolute Gasteiger partial charge is 0.489 e. The second-order valence-electron chi connectivity index (χ2n) is 6.63. The summed E-state index contributed by atoms with van der Waals surface area (Å²) in [5.74, 6) is -1.15. The SMILES string of the molecule is Cc1ccc(COc2cccc(/C=N/NC(=O)C(=O)Nc3ccc(Cl)c(Cl)c3)c2)cc1. The molecule has 0 fully saturated rings. The molecule has 0 aliphatic rings. The number of nitrogens with zero attached hydrogens (tertiary/aromatic N) is 1. The van der Waals surface area contributed by atoms with Crippen LogP contribution in [0.3, 0.4) is 0 Å². The van der Waals surface area contributed by atoms with Crippen LogP contribution in [0.1, 0.15) is 16.7 Å². The molecule has 0 saturated carbocycles. The lowest BCUT2D eigenvalue weighted by atomic mass is 10.2. The fraction of sp³-hybridized carbons (Fsp3) is 0.0870. The van der Waals surface area contributed by atoms with Gasteiger partial charge in [0.25, 0.3) is 0 Å². The average molecular weight is 456 g/mol. The first kappa shape index (κ1) is 22.3. The topological polar surface area (TPSA) is 79.8 Å². The molecule has 2 N–H and O–H groups in total. The van der Waals surface area contributed by atoms with Gasteiger partial charge >= 0.3 is 11.8 Å². The standard InChI is InChI=1S/C23H19Cl2N3O3/c1-15-5-7-16(8-6-15)14-31-19-4-2-3-17(11-19)13-26-28-23(30)22(29)27-18-9-10-20(24)21(25)12-18/h2-13H,14H2,1H3,(H,27,29)(H,28,30)/b26-13+. The highest BCUT2D eigenvalue weighted by atomic mass is 35.5. The Bertz CT molecular complexity index is 1120. The van der Waals surface area contributed by atoms with Crippen molar-refractivity contribution in [2.24, 2.45) is 5.10 Å². The van der Waals surface area contributed by atoms with Gasteiger partial charge in [-0.15, -0.1) is 0 Å². The molecule has 0 saturated heterocycles. The predicted octanol–water partition coefficient (Wildman–Crippen LogP) is 4.97. The van der Waals surface area contributed by atoms with Gasteiger partial charge in [-0.1, -0.05) is 65.2 Å². The Morgan fingerprint density at radius 1 is 0.968 bits per heavy atom. The summed E-state index contributed by atoms with van der Waals surface area (Å²) in [5.41, 5.74) is 5.47. The smallest absolute Gasteiger partial charge is 0.329 e. The molecule has 0 aromatic heterocycles. The lowest BCUT2D eigenvalue weighted by molar-refractivity contribution is -0.136. The summed E-state index contributed by atoms with van der Waals surface area (Å²) in [4.78, 5) is 23.9. The van der Waals surface area contributed by atoms with Gasteiger partial charge in [0.05, 0.1) is 16.3 Å². The number of carbonyl (C=O) groups excluding carboxylic acids is 2. The van der Waals surface area contributed by atoms with Gasteiger partial charge in [-0.3, -0.25) is 9.59 Å². The Labute approximate surface area is 189 Å². The average Bonchev–Trinajstić information content (AvgIpc) is 2.76. The van der Waals surface area contributed by atoms with E-state index >= 15 is 0 Å². The summed E-state index contributed by atoms with van der Waals surface area (Å²) in [6.45, 7) is 2.47. The number of hydrogen-bond donors (Lipinski definition) is 2. The van der Waals surface area contributed by atoms with Gasteiger partial charge in [-0.2, -0.15) is 5.10 Å². The number of rotatable bonds is 6. The normalized spacial score (nSPS) is 10.7. The van der Waals surface area contributed by atoms with E-state index in [2.05, 4.69) is 15.8 Å². The zero-order valence-electron chi connectivity index (χ0n) is 16.6. The Morgan fingerprint density at radius 3 is 2.48 bits per heavy atom. The number of amides is 2. The van der Waals surface area contributed by atoms with Crippen molar-refractivity contribution in [1.82, 2.24) is 5.43 Å². The van der Waals surface area contributed by atoms with Crippen LogP contribution in [-0.2, 0) is 16.2 Å². The molecule has 2 amide bonds. The molecule has 3 aromatic carbocycles. The van der Waals surface area contributed by atoms with Crippen molar-refractivity contribution in [3.05, 3.63) is 93.5 Å². The third-order valence-electron chi connectivity index (χ3n) is 4.15.